The van der Waals surface area contributed by atoms with Gasteiger partial charge in [-0.3, -0.25) is 4.79 Å². The summed E-state index contributed by atoms with van der Waals surface area (Å²) in [6, 6.07) is 7.82. The third kappa shape index (κ3) is 2.46. The number of amides is 1. The van der Waals surface area contributed by atoms with Crippen molar-refractivity contribution in [2.45, 2.75) is 25.3 Å². The third-order valence-corrected chi connectivity index (χ3v) is 3.42. The largest absolute Gasteiger partial charge is 0.395 e. The predicted molar refractivity (Wildman–Crippen MR) is 69.5 cm³/mol. The molecule has 5 nitrogen and oxygen atoms in total. The van der Waals surface area contributed by atoms with Crippen LogP contribution in [0, 0.1) is 0 Å². The smallest absolute Gasteiger partial charge is 0.229 e. The maximum absolute atomic E-state index is 12.3. The van der Waals surface area contributed by atoms with Crippen LogP contribution in [0.15, 0.2) is 28.8 Å². The molecule has 0 bridgehead atoms. The minimum Gasteiger partial charge on any atom is -0.395 e. The zero-order chi connectivity index (χ0) is 13.2. The first kappa shape index (κ1) is 12.2. The van der Waals surface area contributed by atoms with Gasteiger partial charge in [-0.05, 0) is 25.0 Å². The Labute approximate surface area is 110 Å². The van der Waals surface area contributed by atoms with Crippen LogP contribution in [0.5, 0.6) is 0 Å². The van der Waals surface area contributed by atoms with Crippen LogP contribution in [0.4, 0.5) is 0 Å². The number of rotatable bonds is 5. The number of aliphatic hydroxyl groups is 1. The minimum atomic E-state index is 0.00179. The quantitative estimate of drug-likeness (QED) is 0.881. The van der Waals surface area contributed by atoms with Crippen LogP contribution >= 0.6 is 0 Å². The van der Waals surface area contributed by atoms with Crippen LogP contribution in [-0.4, -0.2) is 40.3 Å². The molecule has 1 fully saturated rings. The minimum absolute atomic E-state index is 0.00179. The van der Waals surface area contributed by atoms with Crippen LogP contribution in [-0.2, 0) is 11.2 Å². The normalized spacial score (nSPS) is 14.8. The highest BCUT2D eigenvalue weighted by atomic mass is 16.5. The first-order valence-electron chi connectivity index (χ1n) is 6.53. The summed E-state index contributed by atoms with van der Waals surface area (Å²) < 4.78 is 5.20. The summed E-state index contributed by atoms with van der Waals surface area (Å²) in [5.74, 6) is 0.00982. The molecular formula is C14H16N2O3. The average molecular weight is 260 g/mol. The van der Waals surface area contributed by atoms with E-state index in [-0.39, 0.29) is 18.9 Å². The summed E-state index contributed by atoms with van der Waals surface area (Å²) in [6.45, 7) is 0.404. The number of carbonyl (C=O) groups excluding carboxylic acids is 1. The standard InChI is InChI=1S/C14H16N2O3/c17-8-7-16(10-5-6-10)14(18)9-12-11-3-1-2-4-13(11)19-15-12/h1-4,10,17H,5-9H2. The molecule has 0 aliphatic heterocycles. The van der Waals surface area contributed by atoms with Crippen molar-refractivity contribution in [1.29, 1.82) is 0 Å². The number of hydrogen-bond acceptors (Lipinski definition) is 4. The Morgan fingerprint density at radius 1 is 1.42 bits per heavy atom. The van der Waals surface area contributed by atoms with Crippen molar-refractivity contribution in [3.8, 4) is 0 Å². The SMILES string of the molecule is O=C(Cc1noc2ccccc12)N(CCO)C1CC1. The Morgan fingerprint density at radius 2 is 2.21 bits per heavy atom. The molecule has 1 aromatic carbocycles. The van der Waals surface area contributed by atoms with Gasteiger partial charge in [-0.2, -0.15) is 0 Å². The Balaban J connectivity index is 1.78. The van der Waals surface area contributed by atoms with E-state index in [1.54, 1.807) is 4.90 Å². The first-order chi connectivity index (χ1) is 9.29. The van der Waals surface area contributed by atoms with Crippen LogP contribution in [0.3, 0.4) is 0 Å². The average Bonchev–Trinajstić information content (AvgIpc) is 3.19. The van der Waals surface area contributed by atoms with Crippen molar-refractivity contribution < 1.29 is 14.4 Å². The topological polar surface area (TPSA) is 66.6 Å². The van der Waals surface area contributed by atoms with Crippen LogP contribution in [0.25, 0.3) is 11.0 Å². The number of fused-ring (bicyclic) bond motifs is 1. The van der Waals surface area contributed by atoms with E-state index in [1.165, 1.54) is 0 Å². The van der Waals surface area contributed by atoms with Gasteiger partial charge in [-0.1, -0.05) is 17.3 Å². The zero-order valence-electron chi connectivity index (χ0n) is 10.6. The highest BCUT2D eigenvalue weighted by molar-refractivity contribution is 5.86. The van der Waals surface area contributed by atoms with Gasteiger partial charge in [0.25, 0.3) is 0 Å². The fourth-order valence-corrected chi connectivity index (χ4v) is 2.32. The maximum atomic E-state index is 12.3. The lowest BCUT2D eigenvalue weighted by atomic mass is 10.1. The second-order valence-corrected chi connectivity index (χ2v) is 4.84. The molecule has 0 radical (unpaired) electrons. The summed E-state index contributed by atoms with van der Waals surface area (Å²) in [4.78, 5) is 14.0. The van der Waals surface area contributed by atoms with Gasteiger partial charge in [0, 0.05) is 18.0 Å². The van der Waals surface area contributed by atoms with E-state index in [2.05, 4.69) is 5.16 Å². The van der Waals surface area contributed by atoms with Crippen LogP contribution in [0.1, 0.15) is 18.5 Å². The van der Waals surface area contributed by atoms with E-state index in [0.29, 0.717) is 23.9 Å². The molecule has 0 saturated heterocycles. The van der Waals surface area contributed by atoms with E-state index in [1.807, 2.05) is 24.3 Å². The molecule has 3 rings (SSSR count). The van der Waals surface area contributed by atoms with Gasteiger partial charge in [0.1, 0.15) is 5.69 Å². The molecule has 0 atom stereocenters. The van der Waals surface area contributed by atoms with Crippen molar-refractivity contribution >= 4 is 16.9 Å². The lowest BCUT2D eigenvalue weighted by Gasteiger charge is -2.20. The van der Waals surface area contributed by atoms with Crippen LogP contribution < -0.4 is 0 Å². The van der Waals surface area contributed by atoms with E-state index in [4.69, 9.17) is 9.63 Å². The maximum Gasteiger partial charge on any atom is 0.229 e. The van der Waals surface area contributed by atoms with Gasteiger partial charge in [-0.15, -0.1) is 0 Å². The van der Waals surface area contributed by atoms with E-state index in [0.717, 1.165) is 18.2 Å². The summed E-state index contributed by atoms with van der Waals surface area (Å²) in [7, 11) is 0. The van der Waals surface area contributed by atoms with E-state index < -0.39 is 0 Å². The molecule has 19 heavy (non-hydrogen) atoms. The monoisotopic (exact) mass is 260 g/mol. The highest BCUT2D eigenvalue weighted by Gasteiger charge is 2.32. The molecule has 1 amide bonds. The molecule has 1 heterocycles. The molecule has 1 aliphatic rings. The van der Waals surface area contributed by atoms with Gasteiger partial charge in [0.05, 0.1) is 13.0 Å². The Hall–Kier alpha value is -1.88. The van der Waals surface area contributed by atoms with Crippen molar-refractivity contribution in [2.75, 3.05) is 13.2 Å². The van der Waals surface area contributed by atoms with E-state index in [9.17, 15) is 4.79 Å². The third-order valence-electron chi connectivity index (χ3n) is 3.42. The van der Waals surface area contributed by atoms with Crippen molar-refractivity contribution in [1.82, 2.24) is 10.1 Å². The summed E-state index contributed by atoms with van der Waals surface area (Å²) in [6.07, 6.45) is 2.30. The summed E-state index contributed by atoms with van der Waals surface area (Å²) in [5, 5.41) is 13.9. The highest BCUT2D eigenvalue weighted by Crippen LogP contribution is 2.27. The molecule has 1 saturated carbocycles. The summed E-state index contributed by atoms with van der Waals surface area (Å²) >= 11 is 0. The molecule has 0 unspecified atom stereocenters. The lowest BCUT2D eigenvalue weighted by molar-refractivity contribution is -0.131. The lowest BCUT2D eigenvalue weighted by Crippen LogP contribution is -2.36. The number of aromatic nitrogens is 1. The van der Waals surface area contributed by atoms with E-state index >= 15 is 0 Å². The number of aliphatic hydroxyl groups excluding tert-OH is 1. The predicted octanol–water partition coefficient (Wildman–Crippen LogP) is 1.35. The number of para-hydroxylation sites is 1. The van der Waals surface area contributed by atoms with Gasteiger partial charge < -0.3 is 14.5 Å². The Morgan fingerprint density at radius 3 is 2.95 bits per heavy atom. The molecule has 1 aromatic heterocycles. The van der Waals surface area contributed by atoms with Gasteiger partial charge in [0.15, 0.2) is 5.58 Å². The van der Waals surface area contributed by atoms with Gasteiger partial charge in [-0.25, -0.2) is 0 Å². The number of carbonyl (C=O) groups is 1. The fourth-order valence-electron chi connectivity index (χ4n) is 2.32. The van der Waals surface area contributed by atoms with Crippen LogP contribution in [0.2, 0.25) is 0 Å². The van der Waals surface area contributed by atoms with Crippen molar-refractivity contribution in [2.24, 2.45) is 0 Å². The second-order valence-electron chi connectivity index (χ2n) is 4.84. The second kappa shape index (κ2) is 5.01. The molecular weight excluding hydrogens is 244 g/mol. The number of benzene rings is 1. The fraction of sp³-hybridized carbons (Fsp3) is 0.429. The molecule has 1 aliphatic carbocycles. The van der Waals surface area contributed by atoms with Gasteiger partial charge in [0.2, 0.25) is 5.91 Å². The van der Waals surface area contributed by atoms with Crippen molar-refractivity contribution in [3.63, 3.8) is 0 Å². The molecule has 1 N–H and O–H groups in total. The Bertz CT molecular complexity index is 589. The van der Waals surface area contributed by atoms with Gasteiger partial charge >= 0.3 is 0 Å². The van der Waals surface area contributed by atoms with Crippen molar-refractivity contribution in [3.05, 3.63) is 30.0 Å². The zero-order valence-corrected chi connectivity index (χ0v) is 10.6. The molecule has 2 aromatic rings. The molecule has 5 heteroatoms. The number of nitrogens with zero attached hydrogens (tertiary/aromatic N) is 2. The Kier molecular flexibility index (Phi) is 3.21. The molecule has 0 spiro atoms. The number of hydrogen-bond donors (Lipinski definition) is 1. The summed E-state index contributed by atoms with van der Waals surface area (Å²) in [5.41, 5.74) is 1.37. The first-order valence-corrected chi connectivity index (χ1v) is 6.53. The molecule has 100 valence electrons.